The molecular formula is C60H59N3. The first-order valence-electron chi connectivity index (χ1n) is 23.3. The zero-order chi connectivity index (χ0) is 42.6. The molecule has 0 saturated heterocycles. The molecule has 0 unspecified atom stereocenters. The van der Waals surface area contributed by atoms with Crippen LogP contribution >= 0.6 is 0 Å². The molecule has 0 radical (unpaired) electrons. The van der Waals surface area contributed by atoms with E-state index in [-0.39, 0.29) is 0 Å². The van der Waals surface area contributed by atoms with Crippen LogP contribution in [0.25, 0.3) is 44.1 Å². The van der Waals surface area contributed by atoms with Gasteiger partial charge in [-0.3, -0.25) is 0 Å². The van der Waals surface area contributed by atoms with Crippen molar-refractivity contribution in [1.29, 1.82) is 0 Å². The molecule has 0 atom stereocenters. The smallest absolute Gasteiger partial charge is 0.0491 e. The molecule has 0 aliphatic heterocycles. The molecule has 63 heavy (non-hydrogen) atoms. The summed E-state index contributed by atoms with van der Waals surface area (Å²) in [5, 5.41) is 2.62. The van der Waals surface area contributed by atoms with E-state index in [1.54, 1.807) is 0 Å². The van der Waals surface area contributed by atoms with Crippen LogP contribution in [-0.4, -0.2) is 4.57 Å². The first-order chi connectivity index (χ1) is 31.2. The van der Waals surface area contributed by atoms with Crippen LogP contribution in [0.1, 0.15) is 71.1 Å². The minimum atomic E-state index is 1.03. The number of unbranched alkanes of at least 4 members (excludes halogenated alkanes) is 9. The van der Waals surface area contributed by atoms with E-state index in [1.807, 2.05) is 0 Å². The largest absolute Gasteiger partial charge is 0.340 e. The fraction of sp³-hybridized carbons (Fsp3) is 0.200. The standard InChI is InChI=1S/C60H59N3/c1-2-3-4-5-6-7-8-9-10-23-44-61-59-42-36-49(47-32-38-55(39-33-47)62(51-24-15-11-16-25-51)52-26-17-12-18-27-52)45-57(59)58-46-50(37-43-60(58)61)48-34-40-56(41-35-48)63(53-28-19-13-20-29-53)54-30-21-14-22-31-54/h11-22,24-43,45-46H,2-10,23,44H2,1H3. The molecule has 0 bridgehead atoms. The van der Waals surface area contributed by atoms with E-state index in [9.17, 15) is 0 Å². The summed E-state index contributed by atoms with van der Waals surface area (Å²) in [7, 11) is 0. The van der Waals surface area contributed by atoms with Crippen LogP contribution in [0.5, 0.6) is 0 Å². The number of fused-ring (bicyclic) bond motifs is 3. The molecule has 0 aliphatic rings. The SMILES string of the molecule is CCCCCCCCCCCCn1c2ccc(-c3ccc(N(c4ccccc4)c4ccccc4)cc3)cc2c2cc(-c3ccc(N(c4ccccc4)c4ccccc4)cc3)ccc21. The average molecular weight is 822 g/mol. The van der Waals surface area contributed by atoms with Crippen molar-refractivity contribution in [3.05, 3.63) is 206 Å². The zero-order valence-electron chi connectivity index (χ0n) is 36.7. The minimum absolute atomic E-state index is 1.03. The van der Waals surface area contributed by atoms with Gasteiger partial charge in [-0.25, -0.2) is 0 Å². The molecule has 3 heteroatoms. The lowest BCUT2D eigenvalue weighted by molar-refractivity contribution is 0.541. The summed E-state index contributed by atoms with van der Waals surface area (Å²) in [4.78, 5) is 4.65. The van der Waals surface area contributed by atoms with Gasteiger partial charge in [0.15, 0.2) is 0 Å². The van der Waals surface area contributed by atoms with Gasteiger partial charge in [0.2, 0.25) is 0 Å². The van der Waals surface area contributed by atoms with Gasteiger partial charge in [-0.05, 0) is 126 Å². The number of benzene rings is 8. The molecule has 1 heterocycles. The van der Waals surface area contributed by atoms with Crippen molar-refractivity contribution >= 4 is 55.9 Å². The Morgan fingerprint density at radius 3 is 0.952 bits per heavy atom. The topological polar surface area (TPSA) is 11.4 Å². The third-order valence-corrected chi connectivity index (χ3v) is 12.6. The van der Waals surface area contributed by atoms with Gasteiger partial charge in [0.25, 0.3) is 0 Å². The molecule has 0 N–H and O–H groups in total. The highest BCUT2D eigenvalue weighted by Gasteiger charge is 2.17. The fourth-order valence-corrected chi connectivity index (χ4v) is 9.27. The maximum atomic E-state index is 2.59. The van der Waals surface area contributed by atoms with Crippen LogP contribution in [0, 0.1) is 0 Å². The van der Waals surface area contributed by atoms with Crippen molar-refractivity contribution in [2.24, 2.45) is 0 Å². The molecule has 1 aromatic heterocycles. The van der Waals surface area contributed by atoms with Crippen LogP contribution in [0.2, 0.25) is 0 Å². The lowest BCUT2D eigenvalue weighted by Gasteiger charge is -2.25. The number of hydrogen-bond acceptors (Lipinski definition) is 2. The fourth-order valence-electron chi connectivity index (χ4n) is 9.27. The van der Waals surface area contributed by atoms with Crippen LogP contribution in [0.4, 0.5) is 34.1 Å². The van der Waals surface area contributed by atoms with Crippen molar-refractivity contribution in [2.45, 2.75) is 77.7 Å². The Hall–Kier alpha value is -6.84. The quantitative estimate of drug-likeness (QED) is 0.0753. The van der Waals surface area contributed by atoms with E-state index >= 15 is 0 Å². The molecule has 314 valence electrons. The molecule has 9 aromatic rings. The molecule has 0 aliphatic carbocycles. The number of nitrogens with zero attached hydrogens (tertiary/aromatic N) is 3. The average Bonchev–Trinajstić information content (AvgIpc) is 3.66. The van der Waals surface area contributed by atoms with Gasteiger partial charge < -0.3 is 14.4 Å². The highest BCUT2D eigenvalue weighted by atomic mass is 15.1. The molecular weight excluding hydrogens is 763 g/mol. The van der Waals surface area contributed by atoms with Crippen LogP contribution < -0.4 is 9.80 Å². The zero-order valence-corrected chi connectivity index (χ0v) is 36.7. The van der Waals surface area contributed by atoms with E-state index in [2.05, 4.69) is 228 Å². The first-order valence-corrected chi connectivity index (χ1v) is 23.3. The molecule has 0 amide bonds. The summed E-state index contributed by atoms with van der Waals surface area (Å²) < 4.78 is 2.59. The van der Waals surface area contributed by atoms with Gasteiger partial charge in [0.1, 0.15) is 0 Å². The predicted molar refractivity (Wildman–Crippen MR) is 272 cm³/mol. The molecule has 8 aromatic carbocycles. The van der Waals surface area contributed by atoms with Crippen molar-refractivity contribution in [3.63, 3.8) is 0 Å². The number of aromatic nitrogens is 1. The minimum Gasteiger partial charge on any atom is -0.340 e. The Morgan fingerprint density at radius 1 is 0.302 bits per heavy atom. The van der Waals surface area contributed by atoms with E-state index in [0.717, 1.165) is 40.7 Å². The Kier molecular flexibility index (Phi) is 13.4. The van der Waals surface area contributed by atoms with Gasteiger partial charge in [-0.1, -0.05) is 174 Å². The van der Waals surface area contributed by atoms with Gasteiger partial charge in [0.05, 0.1) is 0 Å². The first kappa shape index (κ1) is 41.5. The van der Waals surface area contributed by atoms with Gasteiger partial charge >= 0.3 is 0 Å². The highest BCUT2D eigenvalue weighted by Crippen LogP contribution is 2.40. The van der Waals surface area contributed by atoms with Gasteiger partial charge in [-0.15, -0.1) is 0 Å². The van der Waals surface area contributed by atoms with Crippen LogP contribution in [0.3, 0.4) is 0 Å². The van der Waals surface area contributed by atoms with E-state index in [1.165, 1.54) is 108 Å². The monoisotopic (exact) mass is 821 g/mol. The van der Waals surface area contributed by atoms with Gasteiger partial charge in [-0.2, -0.15) is 0 Å². The molecule has 0 saturated carbocycles. The molecule has 0 spiro atoms. The van der Waals surface area contributed by atoms with Crippen LogP contribution in [0.15, 0.2) is 206 Å². The van der Waals surface area contributed by atoms with Crippen molar-refractivity contribution in [2.75, 3.05) is 9.80 Å². The van der Waals surface area contributed by atoms with E-state index in [4.69, 9.17) is 0 Å². The second-order valence-electron chi connectivity index (χ2n) is 16.9. The lowest BCUT2D eigenvalue weighted by atomic mass is 9.99. The molecule has 3 nitrogen and oxygen atoms in total. The summed E-state index contributed by atoms with van der Waals surface area (Å²) in [6.45, 7) is 3.33. The van der Waals surface area contributed by atoms with E-state index in [0.29, 0.717) is 0 Å². The Morgan fingerprint density at radius 2 is 0.603 bits per heavy atom. The summed E-state index contributed by atoms with van der Waals surface area (Å²) in [6, 6.07) is 74.9. The summed E-state index contributed by atoms with van der Waals surface area (Å²) in [5.41, 5.74) is 14.4. The number of para-hydroxylation sites is 4. The van der Waals surface area contributed by atoms with Crippen molar-refractivity contribution < 1.29 is 0 Å². The summed E-state index contributed by atoms with van der Waals surface area (Å²) in [5.74, 6) is 0. The predicted octanol–water partition coefficient (Wildman–Crippen LogP) is 18.0. The Bertz CT molecular complexity index is 2530. The molecule has 0 fully saturated rings. The Labute approximate surface area is 374 Å². The van der Waals surface area contributed by atoms with Gasteiger partial charge in [0, 0.05) is 62.5 Å². The third kappa shape index (κ3) is 9.64. The third-order valence-electron chi connectivity index (χ3n) is 12.6. The second kappa shape index (κ2) is 20.4. The summed E-state index contributed by atoms with van der Waals surface area (Å²) in [6.07, 6.45) is 13.4. The summed E-state index contributed by atoms with van der Waals surface area (Å²) >= 11 is 0. The Balaban J connectivity index is 1.03. The maximum Gasteiger partial charge on any atom is 0.0491 e. The number of aryl methyl sites for hydroxylation is 1. The second-order valence-corrected chi connectivity index (χ2v) is 16.9. The highest BCUT2D eigenvalue weighted by molar-refractivity contribution is 6.10. The van der Waals surface area contributed by atoms with Crippen molar-refractivity contribution in [1.82, 2.24) is 4.57 Å². The number of hydrogen-bond donors (Lipinski definition) is 0. The van der Waals surface area contributed by atoms with Crippen LogP contribution in [-0.2, 0) is 6.54 Å². The van der Waals surface area contributed by atoms with Crippen molar-refractivity contribution in [3.8, 4) is 22.3 Å². The van der Waals surface area contributed by atoms with E-state index < -0.39 is 0 Å². The number of anilines is 6. The molecule has 9 rings (SSSR count). The maximum absolute atomic E-state index is 2.59. The normalized spacial score (nSPS) is 11.3. The number of rotatable bonds is 19. The lowest BCUT2D eigenvalue weighted by Crippen LogP contribution is -2.09.